The number of hydrogen-bond acceptors (Lipinski definition) is 3. The molecule has 0 radical (unpaired) electrons. The van der Waals surface area contributed by atoms with Gasteiger partial charge in [-0.15, -0.1) is 0 Å². The van der Waals surface area contributed by atoms with Crippen molar-refractivity contribution in [2.75, 3.05) is 18.1 Å². The summed E-state index contributed by atoms with van der Waals surface area (Å²) in [5, 5.41) is 9.82. The Balaban J connectivity index is 2.37. The molecule has 0 amide bonds. The van der Waals surface area contributed by atoms with Crippen LogP contribution in [0.25, 0.3) is 0 Å². The van der Waals surface area contributed by atoms with Gasteiger partial charge < -0.3 is 10.0 Å². The van der Waals surface area contributed by atoms with Crippen LogP contribution in [0.1, 0.15) is 36.0 Å². The minimum absolute atomic E-state index is 0.0695. The third-order valence-electron chi connectivity index (χ3n) is 3.54. The second-order valence-corrected chi connectivity index (χ2v) is 5.06. The Morgan fingerprint density at radius 3 is 2.72 bits per heavy atom. The first kappa shape index (κ1) is 13.4. The normalized spacial score (nSPS) is 15.9. The lowest BCUT2D eigenvalue weighted by Gasteiger charge is -2.32. The number of aliphatic hydroxyl groups is 1. The Kier molecular flexibility index (Phi) is 4.61. The molecule has 1 N–H and O–H groups in total. The molecule has 0 aliphatic heterocycles. The molecule has 3 nitrogen and oxygen atoms in total. The molecule has 0 unspecified atom stereocenters. The fraction of sp³-hybridized carbons (Fsp3) is 0.500. The Morgan fingerprint density at radius 2 is 2.11 bits per heavy atom. The van der Waals surface area contributed by atoms with Gasteiger partial charge in [-0.3, -0.25) is 4.79 Å². The number of aliphatic hydroxyl groups excluding tert-OH is 1. The van der Waals surface area contributed by atoms with E-state index >= 15 is 0 Å². The fourth-order valence-electron chi connectivity index (χ4n) is 2.73. The summed E-state index contributed by atoms with van der Waals surface area (Å²) in [5.74, 6) is 0. The van der Waals surface area contributed by atoms with Crippen LogP contribution in [-0.4, -0.2) is 30.6 Å². The van der Waals surface area contributed by atoms with Gasteiger partial charge in [-0.25, -0.2) is 0 Å². The van der Waals surface area contributed by atoms with Crippen LogP contribution in [0.15, 0.2) is 18.2 Å². The summed E-state index contributed by atoms with van der Waals surface area (Å²) in [6.45, 7) is 0.593. The second kappa shape index (κ2) is 6.21. The van der Waals surface area contributed by atoms with E-state index in [4.69, 9.17) is 11.6 Å². The third-order valence-corrected chi connectivity index (χ3v) is 3.84. The second-order valence-electron chi connectivity index (χ2n) is 4.65. The van der Waals surface area contributed by atoms with Crippen LogP contribution >= 0.6 is 11.6 Å². The van der Waals surface area contributed by atoms with E-state index in [2.05, 4.69) is 4.90 Å². The van der Waals surface area contributed by atoms with Gasteiger partial charge in [-0.1, -0.05) is 30.5 Å². The maximum Gasteiger partial charge on any atom is 0.152 e. The van der Waals surface area contributed by atoms with Crippen molar-refractivity contribution in [3.63, 3.8) is 0 Å². The molecule has 4 heteroatoms. The molecule has 1 fully saturated rings. The molecule has 0 heterocycles. The van der Waals surface area contributed by atoms with Crippen LogP contribution < -0.4 is 4.90 Å². The van der Waals surface area contributed by atoms with Crippen molar-refractivity contribution >= 4 is 23.6 Å². The number of anilines is 1. The number of nitrogens with zero attached hydrogens (tertiary/aromatic N) is 1. The van der Waals surface area contributed by atoms with Gasteiger partial charge in [0.05, 0.1) is 17.3 Å². The molecule has 18 heavy (non-hydrogen) atoms. The largest absolute Gasteiger partial charge is 0.395 e. The Bertz CT molecular complexity index is 416. The van der Waals surface area contributed by atoms with Crippen LogP contribution in [0.5, 0.6) is 0 Å². The summed E-state index contributed by atoms with van der Waals surface area (Å²) >= 11 is 6.23. The maximum atomic E-state index is 11.2. The Labute approximate surface area is 112 Å². The highest BCUT2D eigenvalue weighted by Crippen LogP contribution is 2.34. The number of halogens is 1. The lowest BCUT2D eigenvalue weighted by Crippen LogP contribution is -2.36. The lowest BCUT2D eigenvalue weighted by molar-refractivity contribution is 0.112. The molecule has 1 aliphatic rings. The predicted molar refractivity (Wildman–Crippen MR) is 73.5 cm³/mol. The van der Waals surface area contributed by atoms with Crippen molar-refractivity contribution in [1.82, 2.24) is 0 Å². The van der Waals surface area contributed by atoms with Crippen molar-refractivity contribution in [2.45, 2.75) is 31.7 Å². The van der Waals surface area contributed by atoms with Crippen molar-refractivity contribution < 1.29 is 9.90 Å². The summed E-state index contributed by atoms with van der Waals surface area (Å²) in [7, 11) is 0. The number of hydrogen-bond donors (Lipinski definition) is 1. The van der Waals surface area contributed by atoms with E-state index in [-0.39, 0.29) is 6.61 Å². The number of carbonyl (C=O) groups excluding carboxylic acids is 1. The van der Waals surface area contributed by atoms with E-state index in [1.54, 1.807) is 18.2 Å². The average molecular weight is 268 g/mol. The summed E-state index contributed by atoms with van der Waals surface area (Å²) in [5.41, 5.74) is 1.37. The van der Waals surface area contributed by atoms with Crippen LogP contribution in [0.2, 0.25) is 5.02 Å². The molecule has 0 saturated heterocycles. The molecular weight excluding hydrogens is 250 g/mol. The molecule has 2 rings (SSSR count). The standard InChI is InChI=1S/C14H18ClNO2/c15-13-7-3-4-11(10-18)14(13)16(8-9-17)12-5-1-2-6-12/h3-4,7,10,12,17H,1-2,5-6,8-9H2. The van der Waals surface area contributed by atoms with Gasteiger partial charge in [0, 0.05) is 18.2 Å². The quantitative estimate of drug-likeness (QED) is 0.834. The number of carbonyl (C=O) groups is 1. The maximum absolute atomic E-state index is 11.2. The minimum Gasteiger partial charge on any atom is -0.395 e. The lowest BCUT2D eigenvalue weighted by atomic mass is 10.1. The van der Waals surface area contributed by atoms with Crippen LogP contribution in [0.3, 0.4) is 0 Å². The molecule has 0 bridgehead atoms. The topological polar surface area (TPSA) is 40.5 Å². The van der Waals surface area contributed by atoms with E-state index in [1.807, 2.05) is 0 Å². The zero-order valence-electron chi connectivity index (χ0n) is 10.3. The number of para-hydroxylation sites is 1. The van der Waals surface area contributed by atoms with Gasteiger partial charge in [-0.2, -0.15) is 0 Å². The molecule has 1 aromatic carbocycles. The summed E-state index contributed by atoms with van der Waals surface area (Å²) in [4.78, 5) is 13.3. The van der Waals surface area contributed by atoms with E-state index in [0.717, 1.165) is 24.8 Å². The first-order valence-electron chi connectivity index (χ1n) is 6.39. The SMILES string of the molecule is O=Cc1cccc(Cl)c1N(CCO)C1CCCC1. The number of aldehydes is 1. The number of rotatable bonds is 5. The zero-order chi connectivity index (χ0) is 13.0. The molecule has 1 aromatic rings. The molecule has 1 aliphatic carbocycles. The minimum atomic E-state index is 0.0695. The van der Waals surface area contributed by atoms with Gasteiger partial charge in [0.1, 0.15) is 0 Å². The monoisotopic (exact) mass is 267 g/mol. The predicted octanol–water partition coefficient (Wildman–Crippen LogP) is 2.89. The Hall–Kier alpha value is -1.06. The van der Waals surface area contributed by atoms with E-state index < -0.39 is 0 Å². The first-order valence-corrected chi connectivity index (χ1v) is 6.77. The van der Waals surface area contributed by atoms with Gasteiger partial charge in [0.2, 0.25) is 0 Å². The summed E-state index contributed by atoms with van der Waals surface area (Å²) < 4.78 is 0. The fourth-order valence-corrected chi connectivity index (χ4v) is 3.02. The van der Waals surface area contributed by atoms with Gasteiger partial charge >= 0.3 is 0 Å². The molecular formula is C14H18ClNO2. The van der Waals surface area contributed by atoms with E-state index in [9.17, 15) is 9.90 Å². The molecule has 0 atom stereocenters. The van der Waals surface area contributed by atoms with Crippen molar-refractivity contribution in [3.8, 4) is 0 Å². The summed E-state index contributed by atoms with van der Waals surface area (Å²) in [6.07, 6.45) is 5.44. The molecule has 98 valence electrons. The molecule has 0 aromatic heterocycles. The van der Waals surface area contributed by atoms with Gasteiger partial charge in [0.25, 0.3) is 0 Å². The zero-order valence-corrected chi connectivity index (χ0v) is 11.1. The van der Waals surface area contributed by atoms with Gasteiger partial charge in [-0.05, 0) is 25.0 Å². The van der Waals surface area contributed by atoms with E-state index in [1.165, 1.54) is 12.8 Å². The highest BCUT2D eigenvalue weighted by molar-refractivity contribution is 6.34. The molecule has 1 saturated carbocycles. The smallest absolute Gasteiger partial charge is 0.152 e. The van der Waals surface area contributed by atoms with Crippen molar-refractivity contribution in [3.05, 3.63) is 28.8 Å². The van der Waals surface area contributed by atoms with Gasteiger partial charge in [0.15, 0.2) is 6.29 Å². The molecule has 0 spiro atoms. The van der Waals surface area contributed by atoms with Crippen molar-refractivity contribution in [1.29, 1.82) is 0 Å². The average Bonchev–Trinajstić information content (AvgIpc) is 2.90. The summed E-state index contributed by atoms with van der Waals surface area (Å²) in [6, 6.07) is 5.73. The van der Waals surface area contributed by atoms with Crippen molar-refractivity contribution in [2.24, 2.45) is 0 Å². The van der Waals surface area contributed by atoms with E-state index in [0.29, 0.717) is 23.2 Å². The highest BCUT2D eigenvalue weighted by Gasteiger charge is 2.25. The first-order chi connectivity index (χ1) is 8.77. The highest BCUT2D eigenvalue weighted by atomic mass is 35.5. The Morgan fingerprint density at radius 1 is 1.39 bits per heavy atom. The van der Waals surface area contributed by atoms with Crippen LogP contribution in [0.4, 0.5) is 5.69 Å². The van der Waals surface area contributed by atoms with Crippen LogP contribution in [-0.2, 0) is 0 Å². The third kappa shape index (κ3) is 2.68. The number of benzene rings is 1. The van der Waals surface area contributed by atoms with Crippen LogP contribution in [0, 0.1) is 0 Å².